The molecule has 0 spiro atoms. The molecule has 0 aliphatic carbocycles. The summed E-state index contributed by atoms with van der Waals surface area (Å²) in [4.78, 5) is 4.39. The van der Waals surface area contributed by atoms with E-state index >= 15 is 0 Å². The molecule has 1 aliphatic heterocycles. The van der Waals surface area contributed by atoms with Gasteiger partial charge in [-0.1, -0.05) is 0 Å². The quantitative estimate of drug-likeness (QED) is 0.807. The van der Waals surface area contributed by atoms with Gasteiger partial charge in [-0.05, 0) is 32.0 Å². The maximum absolute atomic E-state index is 5.36. The summed E-state index contributed by atoms with van der Waals surface area (Å²) in [6, 6.07) is 3.84. The lowest BCUT2D eigenvalue weighted by Crippen LogP contribution is -2.37. The third-order valence-electron chi connectivity index (χ3n) is 3.17. The van der Waals surface area contributed by atoms with Crippen molar-refractivity contribution >= 4 is 16.8 Å². The molecule has 1 aliphatic rings. The number of nitrogens with zero attached hydrogens (tertiary/aromatic N) is 1. The Kier molecular flexibility index (Phi) is 2.11. The van der Waals surface area contributed by atoms with Gasteiger partial charge in [0, 0.05) is 18.3 Å². The highest BCUT2D eigenvalue weighted by Crippen LogP contribution is 2.26. The van der Waals surface area contributed by atoms with Gasteiger partial charge in [0.25, 0.3) is 0 Å². The van der Waals surface area contributed by atoms with E-state index in [2.05, 4.69) is 22.5 Å². The molecule has 3 rings (SSSR count). The van der Waals surface area contributed by atoms with Crippen molar-refractivity contribution in [3.05, 3.63) is 24.6 Å². The van der Waals surface area contributed by atoms with Crippen LogP contribution in [0.2, 0.25) is 0 Å². The molecule has 0 saturated carbocycles. The van der Waals surface area contributed by atoms with Gasteiger partial charge in [-0.3, -0.25) is 0 Å². The summed E-state index contributed by atoms with van der Waals surface area (Å²) in [6.07, 6.45) is 4.59. The number of rotatable bonds is 2. The number of anilines is 1. The van der Waals surface area contributed by atoms with E-state index in [0.717, 1.165) is 36.3 Å². The fourth-order valence-corrected chi connectivity index (χ4v) is 2.20. The van der Waals surface area contributed by atoms with Crippen LogP contribution in [-0.2, 0) is 0 Å². The fraction of sp³-hybridized carbons (Fsp3) is 0.417. The number of fused-ring (bicyclic) bond motifs is 1. The van der Waals surface area contributed by atoms with E-state index < -0.39 is 0 Å². The second-order valence-corrected chi connectivity index (χ2v) is 4.60. The predicted molar refractivity (Wildman–Crippen MR) is 63.5 cm³/mol. The van der Waals surface area contributed by atoms with Gasteiger partial charge in [-0.15, -0.1) is 0 Å². The molecule has 1 unspecified atom stereocenters. The zero-order valence-electron chi connectivity index (χ0n) is 9.29. The number of hydrogen-bond donors (Lipinski definition) is 2. The number of furan rings is 1. The second kappa shape index (κ2) is 3.49. The minimum Gasteiger partial charge on any atom is -0.464 e. The summed E-state index contributed by atoms with van der Waals surface area (Å²) in [7, 11) is 0. The molecular formula is C12H15N3O. The van der Waals surface area contributed by atoms with Crippen molar-refractivity contribution in [1.29, 1.82) is 0 Å². The van der Waals surface area contributed by atoms with Gasteiger partial charge in [0.2, 0.25) is 0 Å². The second-order valence-electron chi connectivity index (χ2n) is 4.60. The number of pyridine rings is 1. The molecule has 0 radical (unpaired) electrons. The first-order valence-electron chi connectivity index (χ1n) is 5.58. The summed E-state index contributed by atoms with van der Waals surface area (Å²) < 4.78 is 5.36. The lowest BCUT2D eigenvalue weighted by Gasteiger charge is -2.25. The molecule has 84 valence electrons. The Morgan fingerprint density at radius 2 is 2.44 bits per heavy atom. The largest absolute Gasteiger partial charge is 0.464 e. The normalized spacial score (nSPS) is 25.1. The van der Waals surface area contributed by atoms with Crippen LogP contribution in [-0.4, -0.2) is 23.6 Å². The van der Waals surface area contributed by atoms with Gasteiger partial charge in [-0.25, -0.2) is 4.98 Å². The van der Waals surface area contributed by atoms with Gasteiger partial charge < -0.3 is 15.1 Å². The first kappa shape index (κ1) is 9.66. The van der Waals surface area contributed by atoms with E-state index in [1.54, 1.807) is 12.5 Å². The Labute approximate surface area is 94.0 Å². The summed E-state index contributed by atoms with van der Waals surface area (Å²) in [5, 5.41) is 7.93. The third kappa shape index (κ3) is 1.55. The maximum atomic E-state index is 5.36. The number of aromatic nitrogens is 1. The van der Waals surface area contributed by atoms with E-state index in [0.29, 0.717) is 0 Å². The molecular weight excluding hydrogens is 202 g/mol. The van der Waals surface area contributed by atoms with Crippen molar-refractivity contribution in [2.24, 2.45) is 0 Å². The van der Waals surface area contributed by atoms with Crippen LogP contribution in [0.25, 0.3) is 11.0 Å². The van der Waals surface area contributed by atoms with Crippen LogP contribution in [0, 0.1) is 0 Å². The van der Waals surface area contributed by atoms with Crippen LogP contribution in [0.4, 0.5) is 5.82 Å². The maximum Gasteiger partial charge on any atom is 0.139 e. The lowest BCUT2D eigenvalue weighted by atomic mass is 10.0. The minimum atomic E-state index is 0.0958. The van der Waals surface area contributed by atoms with Crippen LogP contribution in [0.1, 0.15) is 13.3 Å². The smallest absolute Gasteiger partial charge is 0.139 e. The van der Waals surface area contributed by atoms with Gasteiger partial charge >= 0.3 is 0 Å². The molecule has 0 bridgehead atoms. The lowest BCUT2D eigenvalue weighted by molar-refractivity contribution is 0.565. The van der Waals surface area contributed by atoms with E-state index in [9.17, 15) is 0 Å². The molecule has 1 fully saturated rings. The van der Waals surface area contributed by atoms with E-state index in [1.807, 2.05) is 12.1 Å². The molecule has 3 heterocycles. The molecule has 2 aromatic rings. The van der Waals surface area contributed by atoms with E-state index in [1.165, 1.54) is 0 Å². The summed E-state index contributed by atoms with van der Waals surface area (Å²) in [5.41, 5.74) is 0.977. The Morgan fingerprint density at radius 1 is 1.50 bits per heavy atom. The molecule has 16 heavy (non-hydrogen) atoms. The Balaban J connectivity index is 1.96. The average Bonchev–Trinajstić information content (AvgIpc) is 2.87. The first-order valence-corrected chi connectivity index (χ1v) is 5.58. The van der Waals surface area contributed by atoms with Gasteiger partial charge in [0.15, 0.2) is 0 Å². The minimum absolute atomic E-state index is 0.0958. The Bertz CT molecular complexity index is 500. The summed E-state index contributed by atoms with van der Waals surface area (Å²) in [5.74, 6) is 0.914. The van der Waals surface area contributed by atoms with Gasteiger partial charge in [0.05, 0.1) is 11.6 Å². The Hall–Kier alpha value is -1.55. The van der Waals surface area contributed by atoms with E-state index in [4.69, 9.17) is 4.42 Å². The topological polar surface area (TPSA) is 50.1 Å². The number of nitrogens with one attached hydrogen (secondary N) is 2. The van der Waals surface area contributed by atoms with Crippen LogP contribution in [0.3, 0.4) is 0 Å². The van der Waals surface area contributed by atoms with Crippen LogP contribution in [0.5, 0.6) is 0 Å². The molecule has 0 amide bonds. The van der Waals surface area contributed by atoms with Crippen LogP contribution >= 0.6 is 0 Å². The molecule has 1 atom stereocenters. The average molecular weight is 217 g/mol. The SMILES string of the molecule is CC1(Nc2nccc3occc23)CCNC1. The third-order valence-corrected chi connectivity index (χ3v) is 3.17. The highest BCUT2D eigenvalue weighted by atomic mass is 16.3. The molecule has 4 heteroatoms. The monoisotopic (exact) mass is 217 g/mol. The van der Waals surface area contributed by atoms with Crippen LogP contribution in [0.15, 0.2) is 29.0 Å². The zero-order valence-corrected chi connectivity index (χ0v) is 9.29. The molecule has 4 nitrogen and oxygen atoms in total. The van der Waals surface area contributed by atoms with Crippen molar-refractivity contribution < 1.29 is 4.42 Å². The number of hydrogen-bond acceptors (Lipinski definition) is 4. The summed E-state index contributed by atoms with van der Waals surface area (Å²) >= 11 is 0. The highest BCUT2D eigenvalue weighted by molar-refractivity contribution is 5.88. The van der Waals surface area contributed by atoms with E-state index in [-0.39, 0.29) is 5.54 Å². The predicted octanol–water partition coefficient (Wildman–Crippen LogP) is 1.99. The molecule has 1 saturated heterocycles. The standard InChI is InChI=1S/C12H15N3O/c1-12(4-6-13-8-12)15-11-9-3-7-16-10(9)2-5-14-11/h2-3,5,7,13H,4,6,8H2,1H3,(H,14,15). The fourth-order valence-electron chi connectivity index (χ4n) is 2.20. The molecule has 0 aromatic carbocycles. The van der Waals surface area contributed by atoms with Gasteiger partial charge in [-0.2, -0.15) is 0 Å². The van der Waals surface area contributed by atoms with Crippen molar-refractivity contribution in [2.45, 2.75) is 18.9 Å². The van der Waals surface area contributed by atoms with Crippen molar-refractivity contribution in [2.75, 3.05) is 18.4 Å². The highest BCUT2D eigenvalue weighted by Gasteiger charge is 2.29. The first-order chi connectivity index (χ1) is 7.77. The Morgan fingerprint density at radius 3 is 3.25 bits per heavy atom. The van der Waals surface area contributed by atoms with Crippen molar-refractivity contribution in [3.63, 3.8) is 0 Å². The zero-order chi connectivity index (χ0) is 11.0. The van der Waals surface area contributed by atoms with Gasteiger partial charge in [0.1, 0.15) is 11.4 Å². The van der Waals surface area contributed by atoms with Crippen LogP contribution < -0.4 is 10.6 Å². The van der Waals surface area contributed by atoms with Crippen molar-refractivity contribution in [1.82, 2.24) is 10.3 Å². The van der Waals surface area contributed by atoms with Crippen molar-refractivity contribution in [3.8, 4) is 0 Å². The summed E-state index contributed by atoms with van der Waals surface area (Å²) in [6.45, 7) is 4.25. The molecule has 2 aromatic heterocycles. The molecule has 2 N–H and O–H groups in total.